The van der Waals surface area contributed by atoms with Crippen LogP contribution in [-0.4, -0.2) is 11.1 Å². The van der Waals surface area contributed by atoms with E-state index in [4.69, 9.17) is 5.11 Å². The van der Waals surface area contributed by atoms with Crippen molar-refractivity contribution in [2.45, 2.75) is 46.5 Å². The van der Waals surface area contributed by atoms with Crippen molar-refractivity contribution in [3.05, 3.63) is 11.9 Å². The molecule has 0 atom stereocenters. The van der Waals surface area contributed by atoms with Crippen LogP contribution in [0.4, 0.5) is 4.39 Å². The van der Waals surface area contributed by atoms with E-state index in [2.05, 4.69) is 20.8 Å². The second-order valence-electron chi connectivity index (χ2n) is 5.80. The summed E-state index contributed by atoms with van der Waals surface area (Å²) in [6.07, 6.45) is 5.22. The van der Waals surface area contributed by atoms with Crippen LogP contribution in [0.25, 0.3) is 0 Å². The molecule has 0 aliphatic heterocycles. The smallest absolute Gasteiger partial charge is 0.364 e. The minimum Gasteiger partial charge on any atom is -0.476 e. The van der Waals surface area contributed by atoms with Crippen molar-refractivity contribution in [2.75, 3.05) is 0 Å². The van der Waals surface area contributed by atoms with E-state index in [9.17, 15) is 9.18 Å². The Morgan fingerprint density at radius 3 is 2.12 bits per heavy atom. The van der Waals surface area contributed by atoms with Crippen LogP contribution in [0.5, 0.6) is 0 Å². The van der Waals surface area contributed by atoms with E-state index in [1.165, 1.54) is 6.08 Å². The van der Waals surface area contributed by atoms with E-state index in [0.717, 1.165) is 25.7 Å². The van der Waals surface area contributed by atoms with E-state index in [0.29, 0.717) is 11.3 Å². The van der Waals surface area contributed by atoms with Crippen LogP contribution in [-0.2, 0) is 4.79 Å². The molecule has 1 rings (SSSR count). The average molecular weight is 228 g/mol. The first-order valence-corrected chi connectivity index (χ1v) is 5.91. The molecule has 1 saturated carbocycles. The fraction of sp³-hybridized carbons (Fsp3) is 0.769. The molecule has 16 heavy (non-hydrogen) atoms. The Kier molecular flexibility index (Phi) is 4.11. The van der Waals surface area contributed by atoms with Gasteiger partial charge in [-0.25, -0.2) is 4.79 Å². The monoisotopic (exact) mass is 228 g/mol. The lowest BCUT2D eigenvalue weighted by molar-refractivity contribution is -0.134. The van der Waals surface area contributed by atoms with Gasteiger partial charge in [-0.2, -0.15) is 4.39 Å². The third-order valence-electron chi connectivity index (χ3n) is 3.58. The summed E-state index contributed by atoms with van der Waals surface area (Å²) in [4.78, 5) is 10.4. The largest absolute Gasteiger partial charge is 0.476 e. The van der Waals surface area contributed by atoms with E-state index in [1.54, 1.807) is 0 Å². The molecular formula is C13H21FO2. The molecule has 0 aromatic rings. The Hall–Kier alpha value is -0.860. The molecule has 0 aromatic carbocycles. The first kappa shape index (κ1) is 13.2. The van der Waals surface area contributed by atoms with Gasteiger partial charge >= 0.3 is 5.97 Å². The van der Waals surface area contributed by atoms with Gasteiger partial charge in [0.05, 0.1) is 0 Å². The Bertz CT molecular complexity index is 281. The molecule has 1 aliphatic rings. The predicted molar refractivity (Wildman–Crippen MR) is 61.7 cm³/mol. The summed E-state index contributed by atoms with van der Waals surface area (Å²) in [6.45, 7) is 6.68. The maximum atomic E-state index is 12.9. The summed E-state index contributed by atoms with van der Waals surface area (Å²) in [5.41, 5.74) is 0.306. The summed E-state index contributed by atoms with van der Waals surface area (Å²) >= 11 is 0. The van der Waals surface area contributed by atoms with Gasteiger partial charge < -0.3 is 5.11 Å². The van der Waals surface area contributed by atoms with Gasteiger partial charge in [-0.05, 0) is 49.0 Å². The Labute approximate surface area is 96.5 Å². The number of halogens is 1. The van der Waals surface area contributed by atoms with Crippen molar-refractivity contribution in [1.29, 1.82) is 0 Å². The number of carboxylic acids is 1. The van der Waals surface area contributed by atoms with Crippen molar-refractivity contribution in [3.8, 4) is 0 Å². The zero-order valence-electron chi connectivity index (χ0n) is 10.3. The molecule has 0 heterocycles. The van der Waals surface area contributed by atoms with Crippen LogP contribution < -0.4 is 0 Å². The Morgan fingerprint density at radius 2 is 1.75 bits per heavy atom. The van der Waals surface area contributed by atoms with E-state index in [1.807, 2.05) is 0 Å². The number of allylic oxidation sites excluding steroid dienone is 1. The highest BCUT2D eigenvalue weighted by Crippen LogP contribution is 2.40. The number of carbonyl (C=O) groups is 1. The van der Waals surface area contributed by atoms with Crippen molar-refractivity contribution >= 4 is 5.97 Å². The molecule has 1 aliphatic carbocycles. The third-order valence-corrected chi connectivity index (χ3v) is 3.58. The second kappa shape index (κ2) is 4.98. The van der Waals surface area contributed by atoms with Gasteiger partial charge in [0.15, 0.2) is 0 Å². The first-order chi connectivity index (χ1) is 7.30. The molecule has 0 amide bonds. The quantitative estimate of drug-likeness (QED) is 0.730. The lowest BCUT2D eigenvalue weighted by Crippen LogP contribution is -2.25. The third kappa shape index (κ3) is 3.62. The SMILES string of the molecule is CC(C)(C)C1CCC(/C=C(/F)C(=O)O)CC1. The summed E-state index contributed by atoms with van der Waals surface area (Å²) in [5.74, 6) is -1.67. The molecule has 0 aromatic heterocycles. The van der Waals surface area contributed by atoms with Crippen LogP contribution in [0, 0.1) is 17.3 Å². The van der Waals surface area contributed by atoms with Gasteiger partial charge in [0.1, 0.15) is 0 Å². The van der Waals surface area contributed by atoms with Gasteiger partial charge in [-0.1, -0.05) is 20.8 Å². The van der Waals surface area contributed by atoms with Crippen LogP contribution >= 0.6 is 0 Å². The predicted octanol–water partition coefficient (Wildman–Crippen LogP) is 3.78. The lowest BCUT2D eigenvalue weighted by Gasteiger charge is -2.36. The van der Waals surface area contributed by atoms with E-state index < -0.39 is 11.8 Å². The standard InChI is InChI=1S/C13H21FO2/c1-13(2,3)10-6-4-9(5-7-10)8-11(14)12(15)16/h8-10H,4-7H2,1-3H3,(H,15,16)/b11-8+. The fourth-order valence-electron chi connectivity index (χ4n) is 2.43. The van der Waals surface area contributed by atoms with Crippen molar-refractivity contribution in [2.24, 2.45) is 17.3 Å². The van der Waals surface area contributed by atoms with E-state index in [-0.39, 0.29) is 5.92 Å². The highest BCUT2D eigenvalue weighted by atomic mass is 19.1. The van der Waals surface area contributed by atoms with Gasteiger partial charge in [0.25, 0.3) is 0 Å². The van der Waals surface area contributed by atoms with Crippen molar-refractivity contribution in [3.63, 3.8) is 0 Å². The summed E-state index contributed by atoms with van der Waals surface area (Å²) < 4.78 is 12.9. The normalized spacial score (nSPS) is 27.9. The number of carboxylic acid groups (broad SMARTS) is 1. The lowest BCUT2D eigenvalue weighted by atomic mass is 9.70. The summed E-state index contributed by atoms with van der Waals surface area (Å²) in [5, 5.41) is 8.45. The minimum absolute atomic E-state index is 0.106. The number of aliphatic carboxylic acids is 1. The van der Waals surface area contributed by atoms with Crippen LogP contribution in [0.15, 0.2) is 11.9 Å². The van der Waals surface area contributed by atoms with Crippen LogP contribution in [0.1, 0.15) is 46.5 Å². The molecule has 0 radical (unpaired) electrons. The maximum Gasteiger partial charge on any atom is 0.364 e. The average Bonchev–Trinajstić information content (AvgIpc) is 2.17. The van der Waals surface area contributed by atoms with Crippen molar-refractivity contribution < 1.29 is 14.3 Å². The van der Waals surface area contributed by atoms with Crippen LogP contribution in [0.2, 0.25) is 0 Å². The fourth-order valence-corrected chi connectivity index (χ4v) is 2.43. The Morgan fingerprint density at radius 1 is 1.25 bits per heavy atom. The molecular weight excluding hydrogens is 207 g/mol. The van der Waals surface area contributed by atoms with Gasteiger partial charge in [0.2, 0.25) is 5.83 Å². The zero-order chi connectivity index (χ0) is 12.3. The first-order valence-electron chi connectivity index (χ1n) is 5.91. The molecule has 2 nitrogen and oxygen atoms in total. The number of hydrogen-bond donors (Lipinski definition) is 1. The molecule has 1 fully saturated rings. The molecule has 0 bridgehead atoms. The molecule has 0 unspecified atom stereocenters. The highest BCUT2D eigenvalue weighted by molar-refractivity contribution is 5.83. The Balaban J connectivity index is 2.50. The van der Waals surface area contributed by atoms with Gasteiger partial charge in [-0.3, -0.25) is 0 Å². The number of hydrogen-bond acceptors (Lipinski definition) is 1. The minimum atomic E-state index is -1.45. The topological polar surface area (TPSA) is 37.3 Å². The maximum absolute atomic E-state index is 12.9. The van der Waals surface area contributed by atoms with Gasteiger partial charge in [0, 0.05) is 0 Å². The van der Waals surface area contributed by atoms with Gasteiger partial charge in [-0.15, -0.1) is 0 Å². The molecule has 3 heteroatoms. The van der Waals surface area contributed by atoms with Crippen LogP contribution in [0.3, 0.4) is 0 Å². The van der Waals surface area contributed by atoms with E-state index >= 15 is 0 Å². The molecule has 0 saturated heterocycles. The summed E-state index contributed by atoms with van der Waals surface area (Å²) in [6, 6.07) is 0. The second-order valence-corrected chi connectivity index (χ2v) is 5.80. The number of rotatable bonds is 2. The van der Waals surface area contributed by atoms with Crippen molar-refractivity contribution in [1.82, 2.24) is 0 Å². The molecule has 92 valence electrons. The molecule has 0 spiro atoms. The summed E-state index contributed by atoms with van der Waals surface area (Å²) in [7, 11) is 0. The zero-order valence-corrected chi connectivity index (χ0v) is 10.3. The highest BCUT2D eigenvalue weighted by Gasteiger charge is 2.29. The molecule has 1 N–H and O–H groups in total.